The third-order valence-electron chi connectivity index (χ3n) is 3.29. The summed E-state index contributed by atoms with van der Waals surface area (Å²) in [5.41, 5.74) is 1.12. The Kier molecular flexibility index (Phi) is 7.31. The fourth-order valence-electron chi connectivity index (χ4n) is 2.07. The molecule has 0 aliphatic rings. The van der Waals surface area contributed by atoms with Crippen molar-refractivity contribution in [2.24, 2.45) is 0 Å². The Morgan fingerprint density at radius 3 is 2.33 bits per heavy atom. The molecule has 6 heteroatoms. The number of ether oxygens (including phenoxy) is 1. The predicted octanol–water partition coefficient (Wildman–Crippen LogP) is 1.49. The highest BCUT2D eigenvalue weighted by Crippen LogP contribution is 2.18. The third kappa shape index (κ3) is 5.07. The zero-order valence-electron chi connectivity index (χ0n) is 13.3. The molecule has 0 spiro atoms. The molecule has 0 aliphatic carbocycles. The van der Waals surface area contributed by atoms with E-state index in [2.05, 4.69) is 5.32 Å². The number of hydrogen-bond acceptors (Lipinski definition) is 4. The lowest BCUT2D eigenvalue weighted by molar-refractivity contribution is 0.171. The first kappa shape index (κ1) is 18.1. The van der Waals surface area contributed by atoms with E-state index in [0.29, 0.717) is 18.0 Å². The van der Waals surface area contributed by atoms with Crippen LogP contribution in [0, 0.1) is 0 Å². The second-order valence-electron chi connectivity index (χ2n) is 5.20. The van der Waals surface area contributed by atoms with Crippen LogP contribution in [0.2, 0.25) is 0 Å². The van der Waals surface area contributed by atoms with E-state index in [0.717, 1.165) is 18.5 Å². The van der Waals surface area contributed by atoms with Gasteiger partial charge in [0.2, 0.25) is 10.0 Å². The number of nitrogens with one attached hydrogen (secondary N) is 1. The molecule has 0 bridgehead atoms. The molecular weight excluding hydrogens is 288 g/mol. The van der Waals surface area contributed by atoms with Gasteiger partial charge in [-0.2, -0.15) is 4.31 Å². The van der Waals surface area contributed by atoms with Gasteiger partial charge in [0.1, 0.15) is 0 Å². The van der Waals surface area contributed by atoms with Crippen LogP contribution in [-0.2, 0) is 21.2 Å². The smallest absolute Gasteiger partial charge is 0.243 e. The van der Waals surface area contributed by atoms with E-state index in [1.807, 2.05) is 33.0 Å². The largest absolute Gasteiger partial charge is 0.383 e. The molecule has 0 fully saturated rings. The Labute approximate surface area is 128 Å². The number of methoxy groups -OCH3 is 1. The van der Waals surface area contributed by atoms with Crippen LogP contribution < -0.4 is 5.32 Å². The Bertz CT molecular complexity index is 512. The summed E-state index contributed by atoms with van der Waals surface area (Å²) in [4.78, 5) is 0.334. The minimum absolute atomic E-state index is 0.103. The Morgan fingerprint density at radius 1 is 1.24 bits per heavy atom. The second-order valence-corrected chi connectivity index (χ2v) is 7.09. The zero-order chi connectivity index (χ0) is 15.9. The van der Waals surface area contributed by atoms with E-state index in [1.165, 1.54) is 4.31 Å². The first-order valence-electron chi connectivity index (χ1n) is 7.17. The molecule has 1 aromatic rings. The van der Waals surface area contributed by atoms with Crippen molar-refractivity contribution in [3.63, 3.8) is 0 Å². The summed E-state index contributed by atoms with van der Waals surface area (Å²) in [6, 6.07) is 7.01. The van der Waals surface area contributed by atoms with Crippen molar-refractivity contribution in [2.75, 3.05) is 33.9 Å². The normalized spacial score (nSPS) is 12.3. The monoisotopic (exact) mass is 314 g/mol. The van der Waals surface area contributed by atoms with Crippen molar-refractivity contribution in [2.45, 2.75) is 31.2 Å². The molecule has 0 unspecified atom stereocenters. The summed E-state index contributed by atoms with van der Waals surface area (Å²) in [7, 11) is -0.00305. The number of benzene rings is 1. The van der Waals surface area contributed by atoms with E-state index < -0.39 is 10.0 Å². The fourth-order valence-corrected chi connectivity index (χ4v) is 3.69. The molecule has 1 N–H and O–H groups in total. The molecular formula is C15H26N2O3S. The minimum Gasteiger partial charge on any atom is -0.383 e. The van der Waals surface area contributed by atoms with Crippen LogP contribution in [0.25, 0.3) is 0 Å². The maximum absolute atomic E-state index is 12.7. The van der Waals surface area contributed by atoms with Gasteiger partial charge in [-0.25, -0.2) is 8.42 Å². The summed E-state index contributed by atoms with van der Waals surface area (Å²) < 4.78 is 31.8. The van der Waals surface area contributed by atoms with E-state index in [4.69, 9.17) is 4.74 Å². The highest BCUT2D eigenvalue weighted by Gasteiger charge is 2.26. The van der Waals surface area contributed by atoms with E-state index in [9.17, 15) is 8.42 Å². The van der Waals surface area contributed by atoms with Crippen molar-refractivity contribution in [1.82, 2.24) is 9.62 Å². The van der Waals surface area contributed by atoms with E-state index in [-0.39, 0.29) is 6.04 Å². The number of hydrogen-bond donors (Lipinski definition) is 1. The van der Waals surface area contributed by atoms with Gasteiger partial charge in [0, 0.05) is 19.7 Å². The number of nitrogens with zero attached hydrogens (tertiary/aromatic N) is 1. The quantitative estimate of drug-likeness (QED) is 0.750. The van der Waals surface area contributed by atoms with Gasteiger partial charge in [0.25, 0.3) is 0 Å². The van der Waals surface area contributed by atoms with E-state index >= 15 is 0 Å². The van der Waals surface area contributed by atoms with Crippen molar-refractivity contribution in [3.8, 4) is 0 Å². The summed E-state index contributed by atoms with van der Waals surface area (Å²) in [5.74, 6) is 0. The van der Waals surface area contributed by atoms with Crippen molar-refractivity contribution >= 4 is 10.0 Å². The van der Waals surface area contributed by atoms with Gasteiger partial charge in [0.15, 0.2) is 0 Å². The van der Waals surface area contributed by atoms with Crippen LogP contribution >= 0.6 is 0 Å². The molecule has 0 saturated carbocycles. The maximum atomic E-state index is 12.7. The molecule has 1 rings (SSSR count). The minimum atomic E-state index is -3.47. The van der Waals surface area contributed by atoms with Gasteiger partial charge in [-0.3, -0.25) is 0 Å². The molecule has 0 atom stereocenters. The molecule has 0 heterocycles. The van der Waals surface area contributed by atoms with Crippen LogP contribution in [0.5, 0.6) is 0 Å². The third-order valence-corrected chi connectivity index (χ3v) is 5.37. The van der Waals surface area contributed by atoms with Crippen LogP contribution in [0.1, 0.15) is 19.4 Å². The number of rotatable bonds is 9. The summed E-state index contributed by atoms with van der Waals surface area (Å²) in [6.07, 6.45) is 0.883. The van der Waals surface area contributed by atoms with Crippen LogP contribution in [0.15, 0.2) is 29.2 Å². The molecule has 0 aromatic heterocycles. The zero-order valence-corrected chi connectivity index (χ0v) is 14.1. The number of sulfonamides is 1. The molecule has 0 radical (unpaired) electrons. The summed E-state index contributed by atoms with van der Waals surface area (Å²) in [5, 5.41) is 3.08. The molecule has 1 aromatic carbocycles. The molecule has 0 saturated heterocycles. The van der Waals surface area contributed by atoms with Crippen molar-refractivity contribution < 1.29 is 13.2 Å². The number of likely N-dealkylation sites (N-methyl/N-ethyl adjacent to an activating group) is 1. The second kappa shape index (κ2) is 8.48. The molecule has 21 heavy (non-hydrogen) atoms. The average molecular weight is 314 g/mol. The van der Waals surface area contributed by atoms with Crippen molar-refractivity contribution in [1.29, 1.82) is 0 Å². The molecule has 0 amide bonds. The Morgan fingerprint density at radius 2 is 1.86 bits per heavy atom. The predicted molar refractivity (Wildman–Crippen MR) is 85.0 cm³/mol. The fraction of sp³-hybridized carbons (Fsp3) is 0.600. The summed E-state index contributed by atoms with van der Waals surface area (Å²) in [6.45, 7) is 5.36. The highest BCUT2D eigenvalue weighted by atomic mass is 32.2. The van der Waals surface area contributed by atoms with Crippen LogP contribution in [-0.4, -0.2) is 52.6 Å². The summed E-state index contributed by atoms with van der Waals surface area (Å²) >= 11 is 0. The van der Waals surface area contributed by atoms with Gasteiger partial charge in [0.05, 0.1) is 11.5 Å². The van der Waals surface area contributed by atoms with E-state index in [1.54, 1.807) is 19.2 Å². The Hall–Kier alpha value is -0.950. The lowest BCUT2D eigenvalue weighted by Gasteiger charge is -2.25. The van der Waals surface area contributed by atoms with Gasteiger partial charge in [-0.05, 0) is 51.6 Å². The molecule has 0 aliphatic heterocycles. The lowest BCUT2D eigenvalue weighted by Crippen LogP contribution is -2.39. The van der Waals surface area contributed by atoms with Crippen LogP contribution in [0.4, 0.5) is 0 Å². The lowest BCUT2D eigenvalue weighted by atomic mass is 10.1. The first-order chi connectivity index (χ1) is 9.93. The Balaban J connectivity index is 2.94. The standard InChI is InChI=1S/C15H26N2O3S/c1-13(2)17(11-12-20-4)21(18,19)15-7-5-14(6-8-15)9-10-16-3/h5-8,13,16H,9-12H2,1-4H3. The van der Waals surface area contributed by atoms with Gasteiger partial charge in [-0.15, -0.1) is 0 Å². The van der Waals surface area contributed by atoms with Crippen molar-refractivity contribution in [3.05, 3.63) is 29.8 Å². The first-order valence-corrected chi connectivity index (χ1v) is 8.61. The highest BCUT2D eigenvalue weighted by molar-refractivity contribution is 7.89. The van der Waals surface area contributed by atoms with Gasteiger partial charge in [-0.1, -0.05) is 12.1 Å². The topological polar surface area (TPSA) is 58.6 Å². The molecule has 5 nitrogen and oxygen atoms in total. The SMILES string of the molecule is CNCCc1ccc(S(=O)(=O)N(CCOC)C(C)C)cc1. The van der Waals surface area contributed by atoms with Gasteiger partial charge < -0.3 is 10.1 Å². The van der Waals surface area contributed by atoms with Crippen LogP contribution in [0.3, 0.4) is 0 Å². The average Bonchev–Trinajstić information content (AvgIpc) is 2.45. The molecule has 120 valence electrons. The van der Waals surface area contributed by atoms with Gasteiger partial charge >= 0.3 is 0 Å². The maximum Gasteiger partial charge on any atom is 0.243 e.